The molecule has 0 aliphatic carbocycles. The van der Waals surface area contributed by atoms with E-state index in [0.29, 0.717) is 22.3 Å². The highest BCUT2D eigenvalue weighted by molar-refractivity contribution is 7.16. The van der Waals surface area contributed by atoms with Crippen molar-refractivity contribution < 1.29 is 19.4 Å². The Morgan fingerprint density at radius 3 is 2.82 bits per heavy atom. The van der Waals surface area contributed by atoms with Crippen LogP contribution in [-0.4, -0.2) is 62.6 Å². The van der Waals surface area contributed by atoms with Crippen molar-refractivity contribution in [2.24, 2.45) is 0 Å². The number of aliphatic carboxylic acids is 1. The molecule has 2 aromatic rings. The van der Waals surface area contributed by atoms with Gasteiger partial charge in [-0.05, 0) is 6.07 Å². The minimum atomic E-state index is -1.08. The fourth-order valence-electron chi connectivity index (χ4n) is 2.08. The summed E-state index contributed by atoms with van der Waals surface area (Å²) in [6.45, 7) is 0.558. The number of carbonyl (C=O) groups is 2. The molecule has 22 heavy (non-hydrogen) atoms. The third-order valence-electron chi connectivity index (χ3n) is 3.15. The van der Waals surface area contributed by atoms with Gasteiger partial charge in [0.2, 0.25) is 0 Å². The summed E-state index contributed by atoms with van der Waals surface area (Å²) in [5, 5.41) is 9.70. The van der Waals surface area contributed by atoms with E-state index in [4.69, 9.17) is 4.74 Å². The lowest BCUT2D eigenvalue weighted by Crippen LogP contribution is -2.52. The van der Waals surface area contributed by atoms with E-state index in [9.17, 15) is 14.7 Å². The molecule has 1 fully saturated rings. The average molecular weight is 320 g/mol. The van der Waals surface area contributed by atoms with Crippen molar-refractivity contribution in [1.29, 1.82) is 0 Å². The van der Waals surface area contributed by atoms with Crippen molar-refractivity contribution in [2.45, 2.75) is 6.04 Å². The van der Waals surface area contributed by atoms with Crippen LogP contribution in [0.2, 0.25) is 0 Å². The summed E-state index contributed by atoms with van der Waals surface area (Å²) in [5.41, 5.74) is 0. The van der Waals surface area contributed by atoms with E-state index in [1.165, 1.54) is 11.1 Å². The van der Waals surface area contributed by atoms with Gasteiger partial charge in [-0.3, -0.25) is 4.79 Å². The molecule has 9 heteroatoms. The number of aromatic nitrogens is 3. The first-order chi connectivity index (χ1) is 10.7. The van der Waals surface area contributed by atoms with E-state index in [1.54, 1.807) is 18.5 Å². The summed E-state index contributed by atoms with van der Waals surface area (Å²) in [6, 6.07) is 0.716. The maximum absolute atomic E-state index is 12.5. The van der Waals surface area contributed by atoms with Crippen LogP contribution in [0.1, 0.15) is 9.67 Å². The topological polar surface area (TPSA) is 106 Å². The van der Waals surface area contributed by atoms with Crippen molar-refractivity contribution in [2.75, 3.05) is 19.8 Å². The molecule has 3 heterocycles. The summed E-state index contributed by atoms with van der Waals surface area (Å²) in [4.78, 5) is 37.7. The Labute approximate surface area is 129 Å². The quantitative estimate of drug-likeness (QED) is 0.879. The van der Waals surface area contributed by atoms with Gasteiger partial charge in [0.25, 0.3) is 5.91 Å². The monoisotopic (exact) mass is 320 g/mol. The van der Waals surface area contributed by atoms with Crippen molar-refractivity contribution >= 4 is 23.2 Å². The summed E-state index contributed by atoms with van der Waals surface area (Å²) in [7, 11) is 0. The Morgan fingerprint density at radius 1 is 1.32 bits per heavy atom. The minimum absolute atomic E-state index is 0.00543. The Hall–Kier alpha value is -2.39. The fourth-order valence-corrected chi connectivity index (χ4v) is 2.90. The normalized spacial score (nSPS) is 18.2. The molecule has 1 atom stereocenters. The molecule has 0 unspecified atom stereocenters. The van der Waals surface area contributed by atoms with Crippen LogP contribution in [0.3, 0.4) is 0 Å². The molecule has 8 nitrogen and oxygen atoms in total. The second kappa shape index (κ2) is 6.16. The standard InChI is InChI=1S/C13H12N4O4S/c18-12(17-4-5-21-7-8(17)13(19)20)9-6-16-11(22-9)10-14-2-1-3-15-10/h1-3,6,8H,4-5,7H2,(H,19,20)/t8-/m0/s1. The molecule has 3 rings (SSSR count). The lowest BCUT2D eigenvalue weighted by atomic mass is 10.2. The van der Waals surface area contributed by atoms with Gasteiger partial charge in [-0.25, -0.2) is 19.7 Å². The lowest BCUT2D eigenvalue weighted by Gasteiger charge is -2.32. The van der Waals surface area contributed by atoms with Gasteiger partial charge in [-0.2, -0.15) is 0 Å². The summed E-state index contributed by atoms with van der Waals surface area (Å²) < 4.78 is 5.13. The van der Waals surface area contributed by atoms with Gasteiger partial charge >= 0.3 is 5.97 Å². The van der Waals surface area contributed by atoms with Gasteiger partial charge in [0.15, 0.2) is 16.9 Å². The molecule has 0 bridgehead atoms. The zero-order valence-electron chi connectivity index (χ0n) is 11.4. The van der Waals surface area contributed by atoms with E-state index in [-0.39, 0.29) is 19.1 Å². The number of nitrogens with zero attached hydrogens (tertiary/aromatic N) is 4. The van der Waals surface area contributed by atoms with Crippen LogP contribution >= 0.6 is 11.3 Å². The first-order valence-electron chi connectivity index (χ1n) is 6.51. The Kier molecular flexibility index (Phi) is 4.07. The van der Waals surface area contributed by atoms with Crippen LogP contribution in [0.4, 0.5) is 0 Å². The second-order valence-corrected chi connectivity index (χ2v) is 5.56. The molecule has 0 aromatic carbocycles. The van der Waals surface area contributed by atoms with Crippen molar-refractivity contribution in [3.8, 4) is 10.8 Å². The lowest BCUT2D eigenvalue weighted by molar-refractivity contribution is -0.147. The Morgan fingerprint density at radius 2 is 2.09 bits per heavy atom. The third-order valence-corrected chi connectivity index (χ3v) is 4.13. The first kappa shape index (κ1) is 14.5. The van der Waals surface area contributed by atoms with E-state index in [1.807, 2.05) is 0 Å². The van der Waals surface area contributed by atoms with Crippen LogP contribution in [0.25, 0.3) is 10.8 Å². The number of carbonyl (C=O) groups excluding carboxylic acids is 1. The van der Waals surface area contributed by atoms with E-state index in [0.717, 1.165) is 11.3 Å². The number of thiazole rings is 1. The van der Waals surface area contributed by atoms with Crippen molar-refractivity contribution in [1.82, 2.24) is 19.9 Å². The number of amides is 1. The molecule has 1 aliphatic heterocycles. The Bertz CT molecular complexity index is 690. The van der Waals surface area contributed by atoms with Crippen molar-refractivity contribution in [3.63, 3.8) is 0 Å². The van der Waals surface area contributed by atoms with Gasteiger partial charge < -0.3 is 14.7 Å². The predicted octanol–water partition coefficient (Wildman–Crippen LogP) is 0.526. The van der Waals surface area contributed by atoms with E-state index >= 15 is 0 Å². The summed E-state index contributed by atoms with van der Waals surface area (Å²) >= 11 is 1.14. The molecule has 0 radical (unpaired) electrons. The van der Waals surface area contributed by atoms with Crippen molar-refractivity contribution in [3.05, 3.63) is 29.5 Å². The smallest absolute Gasteiger partial charge is 0.328 e. The van der Waals surface area contributed by atoms with Crippen LogP contribution in [0, 0.1) is 0 Å². The molecule has 1 N–H and O–H groups in total. The van der Waals surface area contributed by atoms with Crippen LogP contribution in [0.15, 0.2) is 24.7 Å². The fraction of sp³-hybridized carbons (Fsp3) is 0.308. The SMILES string of the molecule is O=C(O)[C@@H]1COCCN1C(=O)c1cnc(-c2ncccn2)s1. The highest BCUT2D eigenvalue weighted by Crippen LogP contribution is 2.24. The second-order valence-electron chi connectivity index (χ2n) is 4.53. The highest BCUT2D eigenvalue weighted by atomic mass is 32.1. The van der Waals surface area contributed by atoms with Gasteiger partial charge in [0, 0.05) is 18.9 Å². The molecule has 0 saturated carbocycles. The molecule has 1 aliphatic rings. The van der Waals surface area contributed by atoms with E-state index < -0.39 is 12.0 Å². The van der Waals surface area contributed by atoms with E-state index in [2.05, 4.69) is 15.0 Å². The number of rotatable bonds is 3. The van der Waals surface area contributed by atoms with Gasteiger partial charge in [-0.15, -0.1) is 11.3 Å². The summed E-state index contributed by atoms with van der Waals surface area (Å²) in [6.07, 6.45) is 4.61. The van der Waals surface area contributed by atoms with Crippen LogP contribution in [0.5, 0.6) is 0 Å². The number of hydrogen-bond donors (Lipinski definition) is 1. The largest absolute Gasteiger partial charge is 0.480 e. The van der Waals surface area contributed by atoms with Gasteiger partial charge in [0.1, 0.15) is 4.88 Å². The maximum Gasteiger partial charge on any atom is 0.328 e. The van der Waals surface area contributed by atoms with Gasteiger partial charge in [-0.1, -0.05) is 0 Å². The Balaban J connectivity index is 1.83. The number of carboxylic acids is 1. The summed E-state index contributed by atoms with van der Waals surface area (Å²) in [5.74, 6) is -1.01. The highest BCUT2D eigenvalue weighted by Gasteiger charge is 2.34. The molecule has 0 spiro atoms. The predicted molar refractivity (Wildman–Crippen MR) is 76.4 cm³/mol. The maximum atomic E-state index is 12.5. The van der Waals surface area contributed by atoms with Crippen LogP contribution in [-0.2, 0) is 9.53 Å². The molecular weight excluding hydrogens is 308 g/mol. The van der Waals surface area contributed by atoms with Gasteiger partial charge in [0.05, 0.1) is 19.4 Å². The van der Waals surface area contributed by atoms with Crippen LogP contribution < -0.4 is 0 Å². The number of hydrogen-bond acceptors (Lipinski definition) is 7. The first-order valence-corrected chi connectivity index (χ1v) is 7.33. The number of morpholine rings is 1. The zero-order valence-corrected chi connectivity index (χ0v) is 12.2. The average Bonchev–Trinajstić information content (AvgIpc) is 3.05. The third kappa shape index (κ3) is 2.81. The molecule has 114 valence electrons. The molecule has 2 aromatic heterocycles. The minimum Gasteiger partial charge on any atom is -0.480 e. The zero-order chi connectivity index (χ0) is 15.5. The number of ether oxygens (including phenoxy) is 1. The molecule has 1 amide bonds. The number of carboxylic acid groups (broad SMARTS) is 1. The molecular formula is C13H12N4O4S. The molecule has 1 saturated heterocycles.